The van der Waals surface area contributed by atoms with Crippen molar-refractivity contribution < 1.29 is 9.72 Å². The minimum absolute atomic E-state index is 0. The van der Waals surface area contributed by atoms with Gasteiger partial charge in [-0.2, -0.15) is 0 Å². The highest BCUT2D eigenvalue weighted by Gasteiger charge is 2.37. The highest BCUT2D eigenvalue weighted by Crippen LogP contribution is 2.28. The van der Waals surface area contributed by atoms with E-state index in [1.165, 1.54) is 11.0 Å². The fourth-order valence-corrected chi connectivity index (χ4v) is 2.93. The fraction of sp³-hybridized carbons (Fsp3) is 0.533. The van der Waals surface area contributed by atoms with E-state index in [0.29, 0.717) is 18.4 Å². The van der Waals surface area contributed by atoms with Crippen molar-refractivity contribution in [1.82, 2.24) is 4.90 Å². The Morgan fingerprint density at radius 3 is 2.50 bits per heavy atom. The molecule has 0 heterocycles. The molecule has 22 heavy (non-hydrogen) atoms. The molecule has 0 bridgehead atoms. The molecule has 0 unspecified atom stereocenters. The third kappa shape index (κ3) is 3.96. The Morgan fingerprint density at radius 2 is 1.91 bits per heavy atom. The van der Waals surface area contributed by atoms with E-state index < -0.39 is 10.5 Å². The number of amides is 1. The zero-order valence-electron chi connectivity index (χ0n) is 12.7. The zero-order chi connectivity index (χ0) is 15.5. The Balaban J connectivity index is 0.00000242. The van der Waals surface area contributed by atoms with Crippen LogP contribution >= 0.6 is 12.4 Å². The average molecular weight is 328 g/mol. The number of halogens is 1. The number of hydrogen-bond acceptors (Lipinski definition) is 4. The van der Waals surface area contributed by atoms with Gasteiger partial charge in [0.15, 0.2) is 0 Å². The Morgan fingerprint density at radius 1 is 1.32 bits per heavy atom. The minimum Gasteiger partial charge on any atom is -0.340 e. The van der Waals surface area contributed by atoms with Gasteiger partial charge in [0, 0.05) is 18.7 Å². The van der Waals surface area contributed by atoms with E-state index in [1.807, 2.05) is 0 Å². The van der Waals surface area contributed by atoms with Gasteiger partial charge < -0.3 is 10.6 Å². The van der Waals surface area contributed by atoms with Crippen molar-refractivity contribution in [3.05, 3.63) is 39.9 Å². The number of rotatable bonds is 4. The lowest BCUT2D eigenvalue weighted by Gasteiger charge is -2.35. The maximum atomic E-state index is 12.5. The predicted octanol–water partition coefficient (Wildman–Crippen LogP) is 2.64. The first kappa shape index (κ1) is 18.4. The third-order valence-electron chi connectivity index (χ3n) is 4.11. The van der Waals surface area contributed by atoms with Crippen molar-refractivity contribution >= 4 is 24.0 Å². The highest BCUT2D eigenvalue weighted by atomic mass is 35.5. The molecule has 1 aromatic rings. The zero-order valence-corrected chi connectivity index (χ0v) is 13.5. The van der Waals surface area contributed by atoms with Crippen molar-refractivity contribution in [3.8, 4) is 0 Å². The first-order valence-electron chi connectivity index (χ1n) is 7.21. The molecular formula is C15H22ClN3O3. The van der Waals surface area contributed by atoms with Gasteiger partial charge in [0.25, 0.3) is 5.69 Å². The molecule has 0 aliphatic heterocycles. The van der Waals surface area contributed by atoms with Gasteiger partial charge in [-0.05, 0) is 12.8 Å². The van der Waals surface area contributed by atoms with Gasteiger partial charge in [-0.25, -0.2) is 0 Å². The van der Waals surface area contributed by atoms with Crippen LogP contribution in [0.15, 0.2) is 24.3 Å². The maximum Gasteiger partial charge on any atom is 0.274 e. The lowest BCUT2D eigenvalue weighted by atomic mass is 9.81. The van der Waals surface area contributed by atoms with Crippen molar-refractivity contribution in [3.63, 3.8) is 0 Å². The van der Waals surface area contributed by atoms with E-state index in [0.717, 1.165) is 19.3 Å². The Bertz CT molecular complexity index is 545. The van der Waals surface area contributed by atoms with E-state index >= 15 is 0 Å². The fourth-order valence-electron chi connectivity index (χ4n) is 2.93. The standard InChI is InChI=1S/C15H21N3O3.ClH/c1-17(14(19)15(16)9-5-2-6-10-15)11-12-7-3-4-8-13(12)18(20)21;/h3-4,7-8H,2,5-6,9-11,16H2,1H3;1H. The van der Waals surface area contributed by atoms with Crippen LogP contribution < -0.4 is 5.73 Å². The normalized spacial score (nSPS) is 16.5. The number of carbonyl (C=O) groups is 1. The molecule has 0 atom stereocenters. The first-order chi connectivity index (χ1) is 9.94. The number of nitro groups is 1. The van der Waals surface area contributed by atoms with Gasteiger partial charge in [0.05, 0.1) is 17.0 Å². The van der Waals surface area contributed by atoms with Gasteiger partial charge >= 0.3 is 0 Å². The van der Waals surface area contributed by atoms with Crippen LogP contribution in [0.2, 0.25) is 0 Å². The maximum absolute atomic E-state index is 12.5. The predicted molar refractivity (Wildman–Crippen MR) is 86.8 cm³/mol. The molecule has 0 radical (unpaired) electrons. The number of nitrogens with zero attached hydrogens (tertiary/aromatic N) is 2. The summed E-state index contributed by atoms with van der Waals surface area (Å²) in [7, 11) is 1.66. The van der Waals surface area contributed by atoms with Crippen LogP contribution in [-0.4, -0.2) is 28.3 Å². The molecule has 1 amide bonds. The van der Waals surface area contributed by atoms with Crippen LogP contribution in [0.1, 0.15) is 37.7 Å². The lowest BCUT2D eigenvalue weighted by molar-refractivity contribution is -0.385. The van der Waals surface area contributed by atoms with Crippen LogP contribution in [0, 0.1) is 10.1 Å². The topological polar surface area (TPSA) is 89.5 Å². The van der Waals surface area contributed by atoms with Crippen molar-refractivity contribution in [2.24, 2.45) is 5.73 Å². The molecular weight excluding hydrogens is 306 g/mol. The van der Waals surface area contributed by atoms with E-state index in [9.17, 15) is 14.9 Å². The molecule has 6 nitrogen and oxygen atoms in total. The van der Waals surface area contributed by atoms with Crippen molar-refractivity contribution in [1.29, 1.82) is 0 Å². The molecule has 122 valence electrons. The van der Waals surface area contributed by atoms with Gasteiger partial charge in [0.1, 0.15) is 0 Å². The molecule has 1 aromatic carbocycles. The van der Waals surface area contributed by atoms with Crippen LogP contribution in [0.4, 0.5) is 5.69 Å². The highest BCUT2D eigenvalue weighted by molar-refractivity contribution is 5.86. The van der Waals surface area contributed by atoms with Crippen LogP contribution in [0.3, 0.4) is 0 Å². The summed E-state index contributed by atoms with van der Waals surface area (Å²) in [6.07, 6.45) is 4.41. The molecule has 2 rings (SSSR count). The van der Waals surface area contributed by atoms with E-state index in [-0.39, 0.29) is 30.5 Å². The van der Waals surface area contributed by atoms with Gasteiger partial charge in [-0.15, -0.1) is 12.4 Å². The Labute approximate surface area is 136 Å². The van der Waals surface area contributed by atoms with Gasteiger partial charge in [-0.3, -0.25) is 14.9 Å². The van der Waals surface area contributed by atoms with Gasteiger partial charge in [0.2, 0.25) is 5.91 Å². The molecule has 0 aromatic heterocycles. The number of nitrogens with two attached hydrogens (primary N) is 1. The first-order valence-corrected chi connectivity index (χ1v) is 7.21. The molecule has 2 N–H and O–H groups in total. The lowest BCUT2D eigenvalue weighted by Crippen LogP contribution is -2.55. The second kappa shape index (κ2) is 7.56. The molecule has 7 heteroatoms. The van der Waals surface area contributed by atoms with E-state index in [4.69, 9.17) is 5.73 Å². The summed E-state index contributed by atoms with van der Waals surface area (Å²) in [5.41, 5.74) is 5.98. The number of nitro benzene ring substituents is 1. The number of likely N-dealkylation sites (N-methyl/N-ethyl adjacent to an activating group) is 1. The monoisotopic (exact) mass is 327 g/mol. The molecule has 1 aliphatic carbocycles. The van der Waals surface area contributed by atoms with Crippen LogP contribution in [-0.2, 0) is 11.3 Å². The smallest absolute Gasteiger partial charge is 0.274 e. The molecule has 0 saturated heterocycles. The largest absolute Gasteiger partial charge is 0.340 e. The SMILES string of the molecule is CN(Cc1ccccc1[N+](=O)[O-])C(=O)C1(N)CCCCC1.Cl. The second-order valence-corrected chi connectivity index (χ2v) is 5.76. The number of benzene rings is 1. The number of carbonyl (C=O) groups excluding carboxylic acids is 1. The summed E-state index contributed by atoms with van der Waals surface area (Å²) in [5.74, 6) is -0.125. The summed E-state index contributed by atoms with van der Waals surface area (Å²) in [6, 6.07) is 6.48. The van der Waals surface area contributed by atoms with Crippen LogP contribution in [0.5, 0.6) is 0 Å². The van der Waals surface area contributed by atoms with Gasteiger partial charge in [-0.1, -0.05) is 37.5 Å². The average Bonchev–Trinajstić information content (AvgIpc) is 2.47. The number of para-hydroxylation sites is 1. The molecule has 1 fully saturated rings. The van der Waals surface area contributed by atoms with Crippen molar-refractivity contribution in [2.75, 3.05) is 7.05 Å². The Hall–Kier alpha value is -1.66. The van der Waals surface area contributed by atoms with E-state index in [1.54, 1.807) is 25.2 Å². The summed E-state index contributed by atoms with van der Waals surface area (Å²) in [4.78, 5) is 24.6. The minimum atomic E-state index is -0.809. The van der Waals surface area contributed by atoms with Crippen molar-refractivity contribution in [2.45, 2.75) is 44.2 Å². The molecule has 1 aliphatic rings. The third-order valence-corrected chi connectivity index (χ3v) is 4.11. The molecule has 0 spiro atoms. The number of hydrogen-bond donors (Lipinski definition) is 1. The second-order valence-electron chi connectivity index (χ2n) is 5.76. The summed E-state index contributed by atoms with van der Waals surface area (Å²) in [5, 5.41) is 11.0. The molecule has 1 saturated carbocycles. The van der Waals surface area contributed by atoms with Crippen LogP contribution in [0.25, 0.3) is 0 Å². The quantitative estimate of drug-likeness (QED) is 0.680. The summed E-state index contributed by atoms with van der Waals surface area (Å²) >= 11 is 0. The Kier molecular flexibility index (Phi) is 6.32. The summed E-state index contributed by atoms with van der Waals surface area (Å²) < 4.78 is 0. The van der Waals surface area contributed by atoms with E-state index in [2.05, 4.69) is 0 Å². The summed E-state index contributed by atoms with van der Waals surface area (Å²) in [6.45, 7) is 0.203.